The molecule has 1 N–H and O–H groups in total. The summed E-state index contributed by atoms with van der Waals surface area (Å²) in [5.74, 6) is -2.44. The Kier molecular flexibility index (Phi) is 4.91. The molecule has 0 aromatic rings. The fraction of sp³-hybridized carbons (Fsp3) is 0.938. The van der Waals surface area contributed by atoms with E-state index in [9.17, 15) is 13.6 Å². The van der Waals surface area contributed by atoms with Crippen LogP contribution in [-0.2, 0) is 9.53 Å². The molecule has 3 nitrogen and oxygen atoms in total. The van der Waals surface area contributed by atoms with Crippen molar-refractivity contribution in [1.29, 1.82) is 0 Å². The Morgan fingerprint density at radius 3 is 2.29 bits per heavy atom. The molecule has 2 aliphatic rings. The highest BCUT2D eigenvalue weighted by Gasteiger charge is 2.42. The van der Waals surface area contributed by atoms with Crippen LogP contribution in [0, 0.1) is 17.3 Å². The summed E-state index contributed by atoms with van der Waals surface area (Å²) in [7, 11) is 0. The van der Waals surface area contributed by atoms with Crippen molar-refractivity contribution in [3.05, 3.63) is 0 Å². The topological polar surface area (TPSA) is 38.3 Å². The summed E-state index contributed by atoms with van der Waals surface area (Å²) in [6, 6.07) is 0. The zero-order valence-electron chi connectivity index (χ0n) is 13.3. The first kappa shape index (κ1) is 16.7. The van der Waals surface area contributed by atoms with E-state index in [0.29, 0.717) is 12.8 Å². The molecule has 2 atom stereocenters. The van der Waals surface area contributed by atoms with E-state index in [1.54, 1.807) is 0 Å². The maximum absolute atomic E-state index is 13.4. The summed E-state index contributed by atoms with van der Waals surface area (Å²) >= 11 is 0. The highest BCUT2D eigenvalue weighted by Crippen LogP contribution is 2.41. The molecule has 2 rings (SSSR count). The van der Waals surface area contributed by atoms with Crippen LogP contribution in [0.15, 0.2) is 0 Å². The van der Waals surface area contributed by atoms with Crippen molar-refractivity contribution in [1.82, 2.24) is 5.32 Å². The summed E-state index contributed by atoms with van der Waals surface area (Å²) in [4.78, 5) is 12.2. The van der Waals surface area contributed by atoms with Crippen molar-refractivity contribution in [2.24, 2.45) is 17.3 Å². The van der Waals surface area contributed by atoms with Gasteiger partial charge in [-0.3, -0.25) is 4.79 Å². The lowest BCUT2D eigenvalue weighted by atomic mass is 9.78. The predicted octanol–water partition coefficient (Wildman–Crippen LogP) is 3.38. The Bertz CT molecular complexity index is 363. The van der Waals surface area contributed by atoms with Crippen LogP contribution in [0.25, 0.3) is 0 Å². The summed E-state index contributed by atoms with van der Waals surface area (Å²) in [6.07, 6.45) is 1.47. The molecule has 1 heterocycles. The lowest BCUT2D eigenvalue weighted by molar-refractivity contribution is -0.167. The number of carbonyl (C=O) groups is 1. The first-order valence-electron chi connectivity index (χ1n) is 7.99. The van der Waals surface area contributed by atoms with Crippen molar-refractivity contribution >= 4 is 5.97 Å². The summed E-state index contributed by atoms with van der Waals surface area (Å²) in [5.41, 5.74) is -0.553. The maximum Gasteiger partial charge on any atom is 0.311 e. The van der Waals surface area contributed by atoms with Gasteiger partial charge in [0, 0.05) is 25.3 Å². The van der Waals surface area contributed by atoms with E-state index in [0.717, 1.165) is 19.5 Å². The van der Waals surface area contributed by atoms with E-state index in [2.05, 4.69) is 5.32 Å². The molecule has 0 amide bonds. The van der Waals surface area contributed by atoms with Crippen LogP contribution in [0.1, 0.15) is 52.9 Å². The van der Waals surface area contributed by atoms with Gasteiger partial charge in [-0.1, -0.05) is 0 Å². The Morgan fingerprint density at radius 1 is 1.19 bits per heavy atom. The number of nitrogens with one attached hydrogen (secondary N) is 1. The largest absolute Gasteiger partial charge is 0.461 e. The van der Waals surface area contributed by atoms with Crippen LogP contribution >= 0.6 is 0 Å². The fourth-order valence-corrected chi connectivity index (χ4v) is 3.23. The van der Waals surface area contributed by atoms with Gasteiger partial charge in [-0.2, -0.15) is 0 Å². The first-order chi connectivity index (χ1) is 9.69. The molecule has 21 heavy (non-hydrogen) atoms. The standard InChI is InChI=1S/C16H27F2NO2/c1-15(2,3)14(20)21-13(12-6-9-19-10-12)11-4-7-16(17,18)8-5-11/h11-13,19H,4-10H2,1-3H3/t12-,13+/m1/s1. The molecule has 0 unspecified atom stereocenters. The van der Waals surface area contributed by atoms with Gasteiger partial charge in [-0.15, -0.1) is 0 Å². The van der Waals surface area contributed by atoms with Crippen molar-refractivity contribution in [2.45, 2.75) is 64.9 Å². The van der Waals surface area contributed by atoms with Crippen molar-refractivity contribution in [2.75, 3.05) is 13.1 Å². The molecule has 0 bridgehead atoms. The second-order valence-corrected chi connectivity index (χ2v) is 7.57. The molecule has 0 spiro atoms. The average Bonchev–Trinajstić information content (AvgIpc) is 2.88. The molecular formula is C16H27F2NO2. The van der Waals surface area contributed by atoms with E-state index in [1.807, 2.05) is 20.8 Å². The molecule has 0 aromatic carbocycles. The molecule has 2 fully saturated rings. The van der Waals surface area contributed by atoms with Gasteiger partial charge in [0.1, 0.15) is 6.10 Å². The molecule has 5 heteroatoms. The molecule has 122 valence electrons. The first-order valence-corrected chi connectivity index (χ1v) is 7.99. The number of alkyl halides is 2. The zero-order chi connectivity index (χ0) is 15.7. The fourth-order valence-electron chi connectivity index (χ4n) is 3.23. The highest BCUT2D eigenvalue weighted by molar-refractivity contribution is 5.75. The zero-order valence-corrected chi connectivity index (χ0v) is 13.3. The Balaban J connectivity index is 2.04. The number of ether oxygens (including phenoxy) is 1. The number of esters is 1. The number of carbonyl (C=O) groups excluding carboxylic acids is 1. The lowest BCUT2D eigenvalue weighted by Gasteiger charge is -2.37. The average molecular weight is 303 g/mol. The van der Waals surface area contributed by atoms with E-state index in [4.69, 9.17) is 4.74 Å². The Labute approximate surface area is 125 Å². The molecule has 1 aliphatic heterocycles. The van der Waals surface area contributed by atoms with Crippen LogP contribution in [0.5, 0.6) is 0 Å². The van der Waals surface area contributed by atoms with Crippen LogP contribution in [0.3, 0.4) is 0 Å². The monoisotopic (exact) mass is 303 g/mol. The molecule has 1 aliphatic carbocycles. The number of rotatable bonds is 3. The third kappa shape index (κ3) is 4.38. The van der Waals surface area contributed by atoms with Crippen molar-refractivity contribution < 1.29 is 18.3 Å². The molecule has 0 aromatic heterocycles. The lowest BCUT2D eigenvalue weighted by Crippen LogP contribution is -2.41. The smallest absolute Gasteiger partial charge is 0.311 e. The van der Waals surface area contributed by atoms with Gasteiger partial charge in [-0.25, -0.2) is 8.78 Å². The van der Waals surface area contributed by atoms with Crippen LogP contribution < -0.4 is 5.32 Å². The quantitative estimate of drug-likeness (QED) is 0.812. The Hall–Kier alpha value is -0.710. The van der Waals surface area contributed by atoms with Crippen molar-refractivity contribution in [3.63, 3.8) is 0 Å². The van der Waals surface area contributed by atoms with Crippen LogP contribution in [0.2, 0.25) is 0 Å². The summed E-state index contributed by atoms with van der Waals surface area (Å²) in [5, 5.41) is 3.28. The van der Waals surface area contributed by atoms with Gasteiger partial charge in [0.2, 0.25) is 5.92 Å². The number of hydrogen-bond donors (Lipinski definition) is 1. The SMILES string of the molecule is CC(C)(C)C(=O)O[C@@H](C1CCC(F)(F)CC1)[C@@H]1CCNC1. The van der Waals surface area contributed by atoms with E-state index >= 15 is 0 Å². The number of hydrogen-bond acceptors (Lipinski definition) is 3. The van der Waals surface area contributed by atoms with Crippen LogP contribution in [0.4, 0.5) is 8.78 Å². The molecule has 0 radical (unpaired) electrons. The number of halogens is 2. The van der Waals surface area contributed by atoms with Gasteiger partial charge < -0.3 is 10.1 Å². The van der Waals surface area contributed by atoms with E-state index in [1.165, 1.54) is 0 Å². The highest BCUT2D eigenvalue weighted by atomic mass is 19.3. The van der Waals surface area contributed by atoms with Gasteiger partial charge in [0.25, 0.3) is 0 Å². The second-order valence-electron chi connectivity index (χ2n) is 7.57. The van der Waals surface area contributed by atoms with Gasteiger partial charge in [0.05, 0.1) is 5.41 Å². The third-order valence-corrected chi connectivity index (χ3v) is 4.64. The maximum atomic E-state index is 13.4. The van der Waals surface area contributed by atoms with Crippen LogP contribution in [-0.4, -0.2) is 31.1 Å². The minimum absolute atomic E-state index is 0.0702. The van der Waals surface area contributed by atoms with Gasteiger partial charge >= 0.3 is 5.97 Å². The minimum Gasteiger partial charge on any atom is -0.461 e. The van der Waals surface area contributed by atoms with Crippen molar-refractivity contribution in [3.8, 4) is 0 Å². The Morgan fingerprint density at radius 2 is 1.81 bits per heavy atom. The van der Waals surface area contributed by atoms with Gasteiger partial charge in [0.15, 0.2) is 0 Å². The van der Waals surface area contributed by atoms with E-state index < -0.39 is 11.3 Å². The predicted molar refractivity (Wildman–Crippen MR) is 77.2 cm³/mol. The molecule has 1 saturated carbocycles. The normalized spacial score (nSPS) is 28.3. The minimum atomic E-state index is -2.54. The molecular weight excluding hydrogens is 276 g/mol. The second kappa shape index (κ2) is 6.19. The summed E-state index contributed by atoms with van der Waals surface area (Å²) < 4.78 is 32.5. The van der Waals surface area contributed by atoms with E-state index in [-0.39, 0.29) is 36.8 Å². The summed E-state index contributed by atoms with van der Waals surface area (Å²) in [6.45, 7) is 7.21. The van der Waals surface area contributed by atoms with Gasteiger partial charge in [-0.05, 0) is 52.5 Å². The third-order valence-electron chi connectivity index (χ3n) is 4.64. The molecule has 1 saturated heterocycles.